The van der Waals surface area contributed by atoms with Gasteiger partial charge in [-0.1, -0.05) is 0 Å². The van der Waals surface area contributed by atoms with Crippen molar-refractivity contribution in [3.05, 3.63) is 125 Å². The average molecular weight is 552 g/mol. The van der Waals surface area contributed by atoms with E-state index in [4.69, 9.17) is 4.98 Å². The molecule has 33 heavy (non-hydrogen) atoms. The SMILES string of the molecule is Cc1cc[c]([Sn]([c]2ccc(C)cc2)([c]2ccc(C)cc2)[c]2sccc2-c2ccccn2)cc1. The third kappa shape index (κ3) is 4.07. The van der Waals surface area contributed by atoms with Crippen molar-refractivity contribution in [1.82, 2.24) is 4.98 Å². The van der Waals surface area contributed by atoms with E-state index in [9.17, 15) is 0 Å². The molecule has 3 aromatic carbocycles. The summed E-state index contributed by atoms with van der Waals surface area (Å²) in [5.74, 6) is 0. The number of pyridine rings is 1. The van der Waals surface area contributed by atoms with Crippen molar-refractivity contribution in [2.75, 3.05) is 0 Å². The zero-order valence-corrected chi connectivity index (χ0v) is 22.9. The van der Waals surface area contributed by atoms with Gasteiger partial charge in [0, 0.05) is 0 Å². The van der Waals surface area contributed by atoms with Crippen molar-refractivity contribution < 1.29 is 0 Å². The summed E-state index contributed by atoms with van der Waals surface area (Å²) in [7, 11) is 0. The molecule has 0 bridgehead atoms. The van der Waals surface area contributed by atoms with Crippen LogP contribution in [0.5, 0.6) is 0 Å². The van der Waals surface area contributed by atoms with Crippen LogP contribution in [-0.4, -0.2) is 23.4 Å². The Hall–Kier alpha value is -2.69. The molecule has 0 saturated heterocycles. The number of aromatic nitrogens is 1. The molecule has 2 heterocycles. The predicted molar refractivity (Wildman–Crippen MR) is 145 cm³/mol. The Labute approximate surface area is 204 Å². The molecular weight excluding hydrogens is 525 g/mol. The zero-order chi connectivity index (χ0) is 22.8. The Morgan fingerprint density at radius 3 is 1.48 bits per heavy atom. The number of thiophene rings is 1. The molecule has 0 fully saturated rings. The maximum absolute atomic E-state index is 4.76. The summed E-state index contributed by atoms with van der Waals surface area (Å²) in [6, 6.07) is 36.4. The van der Waals surface area contributed by atoms with E-state index in [1.54, 1.807) is 0 Å². The molecule has 0 spiro atoms. The summed E-state index contributed by atoms with van der Waals surface area (Å²) in [6.45, 7) is 6.51. The number of aryl methyl sites for hydroxylation is 3. The third-order valence-corrected chi connectivity index (χ3v) is 23.2. The van der Waals surface area contributed by atoms with E-state index in [-0.39, 0.29) is 0 Å². The van der Waals surface area contributed by atoms with Gasteiger partial charge in [-0.15, -0.1) is 0 Å². The molecule has 0 aliphatic carbocycles. The molecule has 162 valence electrons. The van der Waals surface area contributed by atoms with Crippen molar-refractivity contribution >= 4 is 43.3 Å². The summed E-state index contributed by atoms with van der Waals surface area (Å²) >= 11 is -1.75. The zero-order valence-electron chi connectivity index (χ0n) is 19.2. The Morgan fingerprint density at radius 2 is 1.06 bits per heavy atom. The van der Waals surface area contributed by atoms with Crippen molar-refractivity contribution in [3.8, 4) is 11.3 Å². The van der Waals surface area contributed by atoms with Crippen molar-refractivity contribution in [2.45, 2.75) is 20.8 Å². The minimum absolute atomic E-state index is 1.06. The van der Waals surface area contributed by atoms with Gasteiger partial charge < -0.3 is 0 Å². The van der Waals surface area contributed by atoms with Gasteiger partial charge in [-0.2, -0.15) is 0 Å². The van der Waals surface area contributed by atoms with Crippen LogP contribution in [0.2, 0.25) is 0 Å². The number of benzene rings is 3. The van der Waals surface area contributed by atoms with Crippen LogP contribution in [0.25, 0.3) is 11.3 Å². The van der Waals surface area contributed by atoms with Gasteiger partial charge in [0.15, 0.2) is 0 Å². The van der Waals surface area contributed by atoms with Gasteiger partial charge in [0.1, 0.15) is 0 Å². The fourth-order valence-corrected chi connectivity index (χ4v) is 22.5. The second-order valence-corrected chi connectivity index (χ2v) is 21.3. The summed E-state index contributed by atoms with van der Waals surface area (Å²) in [4.78, 5) is 4.76. The Bertz CT molecular complexity index is 1240. The van der Waals surface area contributed by atoms with Crippen LogP contribution in [0.15, 0.2) is 109 Å². The average Bonchev–Trinajstić information content (AvgIpc) is 3.33. The normalized spacial score (nSPS) is 11.5. The first kappa shape index (κ1) is 22.1. The van der Waals surface area contributed by atoms with Crippen LogP contribution in [-0.2, 0) is 0 Å². The predicted octanol–water partition coefficient (Wildman–Crippen LogP) is 5.11. The molecule has 0 aliphatic heterocycles. The summed E-state index contributed by atoms with van der Waals surface area (Å²) in [6.07, 6.45) is 1.90. The van der Waals surface area contributed by atoms with E-state index in [1.807, 2.05) is 23.6 Å². The van der Waals surface area contributed by atoms with Crippen molar-refractivity contribution in [2.24, 2.45) is 0 Å². The number of rotatable bonds is 5. The molecule has 3 heteroatoms. The molecule has 1 nitrogen and oxygen atoms in total. The Balaban J connectivity index is 1.91. The molecule has 2 aromatic heterocycles. The number of hydrogen-bond donors (Lipinski definition) is 0. The van der Waals surface area contributed by atoms with Crippen LogP contribution in [0, 0.1) is 20.8 Å². The molecule has 0 amide bonds. The first-order chi connectivity index (χ1) is 16.1. The fourth-order valence-electron chi connectivity index (χ4n) is 4.63. The first-order valence-electron chi connectivity index (χ1n) is 11.3. The topological polar surface area (TPSA) is 12.9 Å². The van der Waals surface area contributed by atoms with Crippen LogP contribution in [0.3, 0.4) is 0 Å². The maximum atomic E-state index is 4.76. The van der Waals surface area contributed by atoms with Crippen LogP contribution < -0.4 is 13.6 Å². The van der Waals surface area contributed by atoms with Crippen LogP contribution in [0.4, 0.5) is 0 Å². The van der Waals surface area contributed by atoms with E-state index >= 15 is 0 Å². The van der Waals surface area contributed by atoms with E-state index in [1.165, 1.54) is 35.9 Å². The summed E-state index contributed by atoms with van der Waals surface area (Å²) in [5.41, 5.74) is 6.22. The Kier molecular flexibility index (Phi) is 6.22. The second-order valence-electron chi connectivity index (χ2n) is 8.73. The second kappa shape index (κ2) is 9.28. The molecule has 0 aliphatic rings. The number of nitrogens with zero attached hydrogens (tertiary/aromatic N) is 1. The molecule has 0 radical (unpaired) electrons. The first-order valence-corrected chi connectivity index (χ1v) is 17.9. The monoisotopic (exact) mass is 553 g/mol. The molecule has 0 atom stereocenters. The fraction of sp³-hybridized carbons (Fsp3) is 0.100. The standard InChI is InChI=1S/C9H6NS.3C7H7.Sn/c1-2-5-10-9(3-1)8-4-6-11-7-8;3*1-7-5-3-2-4-6-7;/h1-6H;3*3-6H,1H3;. The number of hydrogen-bond acceptors (Lipinski definition) is 2. The molecule has 0 unspecified atom stereocenters. The summed E-state index contributed by atoms with van der Waals surface area (Å²) in [5, 5.41) is 2.25. The Morgan fingerprint density at radius 1 is 0.576 bits per heavy atom. The minimum atomic E-state index is -3.65. The van der Waals surface area contributed by atoms with Gasteiger partial charge in [0.25, 0.3) is 0 Å². The van der Waals surface area contributed by atoms with E-state index in [2.05, 4.69) is 117 Å². The van der Waals surface area contributed by atoms with Crippen LogP contribution >= 0.6 is 11.3 Å². The van der Waals surface area contributed by atoms with E-state index in [0.717, 1.165) is 5.69 Å². The van der Waals surface area contributed by atoms with Crippen molar-refractivity contribution in [1.29, 1.82) is 0 Å². The summed E-state index contributed by atoms with van der Waals surface area (Å²) < 4.78 is 5.92. The van der Waals surface area contributed by atoms with Gasteiger partial charge >= 0.3 is 206 Å². The molecular formula is C30H27NSSn. The van der Waals surface area contributed by atoms with E-state index < -0.39 is 18.4 Å². The third-order valence-electron chi connectivity index (χ3n) is 6.40. The van der Waals surface area contributed by atoms with Gasteiger partial charge in [0.05, 0.1) is 0 Å². The molecule has 5 aromatic rings. The molecule has 0 saturated carbocycles. The quantitative estimate of drug-likeness (QED) is 0.276. The van der Waals surface area contributed by atoms with Gasteiger partial charge in [-0.05, 0) is 0 Å². The van der Waals surface area contributed by atoms with E-state index in [0.29, 0.717) is 0 Å². The van der Waals surface area contributed by atoms with Crippen molar-refractivity contribution in [3.63, 3.8) is 0 Å². The van der Waals surface area contributed by atoms with Crippen LogP contribution in [0.1, 0.15) is 16.7 Å². The van der Waals surface area contributed by atoms with Gasteiger partial charge in [-0.25, -0.2) is 0 Å². The van der Waals surface area contributed by atoms with Gasteiger partial charge in [-0.3, -0.25) is 0 Å². The molecule has 5 rings (SSSR count). The molecule has 0 N–H and O–H groups in total. The van der Waals surface area contributed by atoms with Gasteiger partial charge in [0.2, 0.25) is 0 Å².